The summed E-state index contributed by atoms with van der Waals surface area (Å²) in [6, 6.07) is 8.67. The lowest BCUT2D eigenvalue weighted by molar-refractivity contribution is 0.0247. The first-order chi connectivity index (χ1) is 11.0. The van der Waals surface area contributed by atoms with Gasteiger partial charge in [-0.25, -0.2) is 8.42 Å². The monoisotopic (exact) mass is 338 g/mol. The lowest BCUT2D eigenvalue weighted by Gasteiger charge is -2.43. The number of carbonyl (C=O) groups is 1. The summed E-state index contributed by atoms with van der Waals surface area (Å²) in [7, 11) is -1.47. The quantitative estimate of drug-likeness (QED) is 0.788. The molecule has 2 aliphatic heterocycles. The number of rotatable bonds is 4. The van der Waals surface area contributed by atoms with E-state index in [1.807, 2.05) is 18.2 Å². The summed E-state index contributed by atoms with van der Waals surface area (Å²) >= 11 is 0. The second-order valence-corrected chi connectivity index (χ2v) is 8.26. The molecule has 0 unspecified atom stereocenters. The van der Waals surface area contributed by atoms with Gasteiger partial charge in [0.25, 0.3) is 5.91 Å². The van der Waals surface area contributed by atoms with Crippen LogP contribution in [-0.4, -0.2) is 81.1 Å². The SMILES string of the molecule is COCCN1CCN(C(=O)c2ccccc2)[C@@H]2CS(=O)(=O)C[C@@H]21. The second kappa shape index (κ2) is 6.59. The van der Waals surface area contributed by atoms with Crippen LogP contribution in [-0.2, 0) is 14.6 Å². The predicted molar refractivity (Wildman–Crippen MR) is 87.2 cm³/mol. The molecule has 0 spiro atoms. The van der Waals surface area contributed by atoms with Crippen LogP contribution in [0.5, 0.6) is 0 Å². The third-order valence-electron chi connectivity index (χ3n) is 4.66. The first-order valence-electron chi connectivity index (χ1n) is 7.81. The number of ether oxygens (including phenoxy) is 1. The number of benzene rings is 1. The molecule has 0 aromatic heterocycles. The van der Waals surface area contributed by atoms with E-state index in [-0.39, 0.29) is 29.5 Å². The highest BCUT2D eigenvalue weighted by Gasteiger charge is 2.47. The van der Waals surface area contributed by atoms with Crippen LogP contribution in [0.2, 0.25) is 0 Å². The maximum Gasteiger partial charge on any atom is 0.254 e. The molecule has 6 nitrogen and oxygen atoms in total. The van der Waals surface area contributed by atoms with Crippen molar-refractivity contribution in [2.75, 3.05) is 44.9 Å². The van der Waals surface area contributed by atoms with Crippen LogP contribution in [0.25, 0.3) is 0 Å². The first kappa shape index (κ1) is 16.4. The number of hydrogen-bond acceptors (Lipinski definition) is 5. The van der Waals surface area contributed by atoms with Gasteiger partial charge >= 0.3 is 0 Å². The van der Waals surface area contributed by atoms with E-state index in [1.54, 1.807) is 24.1 Å². The van der Waals surface area contributed by atoms with Crippen molar-refractivity contribution in [2.24, 2.45) is 0 Å². The van der Waals surface area contributed by atoms with Crippen LogP contribution in [0, 0.1) is 0 Å². The lowest BCUT2D eigenvalue weighted by Crippen LogP contribution is -2.61. The maximum atomic E-state index is 12.8. The van der Waals surface area contributed by atoms with Crippen molar-refractivity contribution in [3.05, 3.63) is 35.9 Å². The van der Waals surface area contributed by atoms with Crippen molar-refractivity contribution in [1.82, 2.24) is 9.80 Å². The molecule has 0 saturated carbocycles. The predicted octanol–water partition coefficient (Wildman–Crippen LogP) is 0.256. The molecule has 2 saturated heterocycles. The molecule has 3 rings (SSSR count). The standard InChI is InChI=1S/C16H22N2O4S/c1-22-10-9-17-7-8-18(15-12-23(20,21)11-14(15)17)16(19)13-5-3-2-4-6-13/h2-6,14-15H,7-12H2,1H3/t14-,15+/m0/s1. The van der Waals surface area contributed by atoms with Gasteiger partial charge in [0.15, 0.2) is 9.84 Å². The number of nitrogens with zero attached hydrogens (tertiary/aromatic N) is 2. The van der Waals surface area contributed by atoms with Crippen molar-refractivity contribution in [3.63, 3.8) is 0 Å². The minimum atomic E-state index is -3.11. The number of sulfone groups is 1. The van der Waals surface area contributed by atoms with Gasteiger partial charge in [-0.05, 0) is 12.1 Å². The van der Waals surface area contributed by atoms with Crippen LogP contribution in [0.4, 0.5) is 0 Å². The van der Waals surface area contributed by atoms with E-state index in [0.717, 1.165) is 0 Å². The third kappa shape index (κ3) is 3.41. The fraction of sp³-hybridized carbons (Fsp3) is 0.562. The zero-order chi connectivity index (χ0) is 16.4. The van der Waals surface area contributed by atoms with Crippen LogP contribution >= 0.6 is 0 Å². The molecule has 2 heterocycles. The van der Waals surface area contributed by atoms with Gasteiger partial charge in [-0.2, -0.15) is 0 Å². The molecule has 0 bridgehead atoms. The van der Waals surface area contributed by atoms with Gasteiger partial charge in [0.2, 0.25) is 0 Å². The molecule has 23 heavy (non-hydrogen) atoms. The Labute approximate surface area is 136 Å². The van der Waals surface area contributed by atoms with Crippen molar-refractivity contribution in [2.45, 2.75) is 12.1 Å². The molecule has 2 fully saturated rings. The largest absolute Gasteiger partial charge is 0.383 e. The summed E-state index contributed by atoms with van der Waals surface area (Å²) in [5.41, 5.74) is 0.612. The number of methoxy groups -OCH3 is 1. The highest BCUT2D eigenvalue weighted by atomic mass is 32.2. The highest BCUT2D eigenvalue weighted by molar-refractivity contribution is 7.91. The normalized spacial score (nSPS) is 26.9. The second-order valence-electron chi connectivity index (χ2n) is 6.10. The van der Waals surface area contributed by atoms with Gasteiger partial charge in [0, 0.05) is 38.3 Å². The van der Waals surface area contributed by atoms with E-state index in [1.165, 1.54) is 0 Å². The Bertz CT molecular complexity index is 662. The summed E-state index contributed by atoms with van der Waals surface area (Å²) < 4.78 is 29.4. The van der Waals surface area contributed by atoms with Crippen LogP contribution < -0.4 is 0 Å². The van der Waals surface area contributed by atoms with E-state index in [0.29, 0.717) is 31.8 Å². The molecule has 0 radical (unpaired) electrons. The van der Waals surface area contributed by atoms with Gasteiger partial charge in [0.1, 0.15) is 0 Å². The summed E-state index contributed by atoms with van der Waals surface area (Å²) in [6.45, 7) is 2.49. The molecule has 126 valence electrons. The maximum absolute atomic E-state index is 12.8. The van der Waals surface area contributed by atoms with Crippen molar-refractivity contribution in [1.29, 1.82) is 0 Å². The van der Waals surface area contributed by atoms with Crippen LogP contribution in [0.15, 0.2) is 30.3 Å². The average Bonchev–Trinajstić information content (AvgIpc) is 2.88. The van der Waals surface area contributed by atoms with Gasteiger partial charge in [0.05, 0.1) is 24.2 Å². The molecule has 2 atom stereocenters. The summed E-state index contributed by atoms with van der Waals surface area (Å²) in [5.74, 6) is 0.101. The van der Waals surface area contributed by atoms with Crippen LogP contribution in [0.1, 0.15) is 10.4 Å². The molecule has 0 N–H and O–H groups in total. The number of fused-ring (bicyclic) bond motifs is 1. The van der Waals surface area contributed by atoms with E-state index < -0.39 is 9.84 Å². The van der Waals surface area contributed by atoms with E-state index in [9.17, 15) is 13.2 Å². The molecule has 1 aromatic carbocycles. The minimum Gasteiger partial charge on any atom is -0.383 e. The van der Waals surface area contributed by atoms with Gasteiger partial charge in [-0.3, -0.25) is 9.69 Å². The van der Waals surface area contributed by atoms with Gasteiger partial charge < -0.3 is 9.64 Å². The fourth-order valence-electron chi connectivity index (χ4n) is 3.51. The molecule has 1 aromatic rings. The molecular weight excluding hydrogens is 316 g/mol. The number of carbonyl (C=O) groups excluding carboxylic acids is 1. The fourth-order valence-corrected chi connectivity index (χ4v) is 5.52. The zero-order valence-electron chi connectivity index (χ0n) is 13.2. The number of piperazine rings is 1. The summed E-state index contributed by atoms with van der Waals surface area (Å²) in [5, 5.41) is 0. The smallest absolute Gasteiger partial charge is 0.254 e. The Morgan fingerprint density at radius 2 is 1.87 bits per heavy atom. The highest BCUT2D eigenvalue weighted by Crippen LogP contribution is 2.28. The Hall–Kier alpha value is -1.44. The molecule has 7 heteroatoms. The molecule has 1 amide bonds. The van der Waals surface area contributed by atoms with Gasteiger partial charge in [-0.1, -0.05) is 18.2 Å². The number of amides is 1. The molecular formula is C16H22N2O4S. The Morgan fingerprint density at radius 3 is 2.57 bits per heavy atom. The first-order valence-corrected chi connectivity index (χ1v) is 9.63. The van der Waals surface area contributed by atoms with Crippen molar-refractivity contribution >= 4 is 15.7 Å². The molecule has 0 aliphatic carbocycles. The minimum absolute atomic E-state index is 0.0553. The van der Waals surface area contributed by atoms with Gasteiger partial charge in [-0.15, -0.1) is 0 Å². The topological polar surface area (TPSA) is 66.9 Å². The lowest BCUT2D eigenvalue weighted by atomic mass is 10.0. The third-order valence-corrected chi connectivity index (χ3v) is 6.35. The van der Waals surface area contributed by atoms with E-state index in [4.69, 9.17) is 4.74 Å². The zero-order valence-corrected chi connectivity index (χ0v) is 14.0. The Kier molecular flexibility index (Phi) is 4.70. The summed E-state index contributed by atoms with van der Waals surface area (Å²) in [6.07, 6.45) is 0. The Balaban J connectivity index is 1.82. The average molecular weight is 338 g/mol. The number of hydrogen-bond donors (Lipinski definition) is 0. The van der Waals surface area contributed by atoms with E-state index in [2.05, 4.69) is 4.90 Å². The molecule has 2 aliphatic rings. The Morgan fingerprint density at radius 1 is 1.17 bits per heavy atom. The van der Waals surface area contributed by atoms with Crippen LogP contribution in [0.3, 0.4) is 0 Å². The van der Waals surface area contributed by atoms with Crippen molar-refractivity contribution < 1.29 is 17.9 Å². The van der Waals surface area contributed by atoms with Crippen molar-refractivity contribution in [3.8, 4) is 0 Å². The van der Waals surface area contributed by atoms with E-state index >= 15 is 0 Å². The summed E-state index contributed by atoms with van der Waals surface area (Å²) in [4.78, 5) is 16.7.